The molecular weight excluding hydrogens is 240 g/mol. The summed E-state index contributed by atoms with van der Waals surface area (Å²) >= 11 is 0. The summed E-state index contributed by atoms with van der Waals surface area (Å²) in [6.45, 7) is 0. The van der Waals surface area contributed by atoms with Gasteiger partial charge in [0, 0.05) is 19.2 Å². The Morgan fingerprint density at radius 3 is 2.79 bits per heavy atom. The molecule has 1 aromatic rings. The Bertz CT molecular complexity index is 554. The Kier molecular flexibility index (Phi) is 3.86. The molecule has 1 N–H and O–H groups in total. The lowest BCUT2D eigenvalue weighted by Gasteiger charge is -2.36. The van der Waals surface area contributed by atoms with Gasteiger partial charge < -0.3 is 10.0 Å². The maximum absolute atomic E-state index is 10.5. The molecule has 0 heterocycles. The molecule has 0 bridgehead atoms. The van der Waals surface area contributed by atoms with Crippen molar-refractivity contribution in [2.45, 2.75) is 25.3 Å². The Hall–Kier alpha value is -2.28. The quantitative estimate of drug-likeness (QED) is 0.841. The van der Waals surface area contributed by atoms with Crippen LogP contribution in [0.2, 0.25) is 0 Å². The molecule has 0 aliphatic heterocycles. The molecule has 1 aromatic carbocycles. The minimum atomic E-state index is -0.992. The van der Waals surface area contributed by atoms with E-state index in [-0.39, 0.29) is 0 Å². The molecule has 98 valence electrons. The van der Waals surface area contributed by atoms with E-state index in [4.69, 9.17) is 5.11 Å². The summed E-state index contributed by atoms with van der Waals surface area (Å²) in [6.07, 6.45) is 6.16. The van der Waals surface area contributed by atoms with Gasteiger partial charge in [-0.2, -0.15) is 5.26 Å². The van der Waals surface area contributed by atoms with E-state index in [1.54, 1.807) is 6.07 Å². The summed E-state index contributed by atoms with van der Waals surface area (Å²) in [4.78, 5) is 12.6. The van der Waals surface area contributed by atoms with Gasteiger partial charge in [-0.05, 0) is 43.0 Å². The maximum atomic E-state index is 10.5. The van der Waals surface area contributed by atoms with E-state index >= 15 is 0 Å². The monoisotopic (exact) mass is 256 g/mol. The molecule has 0 spiro atoms. The highest BCUT2D eigenvalue weighted by Gasteiger charge is 2.23. The zero-order valence-corrected chi connectivity index (χ0v) is 10.8. The molecule has 1 aliphatic carbocycles. The zero-order valence-electron chi connectivity index (χ0n) is 10.8. The standard InChI is InChI=1S/C15H16N2O2/c1-17(13-3-2-4-13)14-7-5-11(6-8-15(18)19)9-12(14)10-16/h5-9,13H,2-4H2,1H3,(H,18,19)/b8-6+. The van der Waals surface area contributed by atoms with Crippen LogP contribution in [-0.2, 0) is 4.79 Å². The van der Waals surface area contributed by atoms with E-state index in [1.165, 1.54) is 25.3 Å². The minimum Gasteiger partial charge on any atom is -0.478 e. The Morgan fingerprint density at radius 1 is 1.53 bits per heavy atom. The molecule has 0 unspecified atom stereocenters. The molecule has 2 rings (SSSR count). The van der Waals surface area contributed by atoms with Gasteiger partial charge >= 0.3 is 5.97 Å². The number of carbonyl (C=O) groups is 1. The molecule has 1 saturated carbocycles. The fraction of sp³-hybridized carbons (Fsp3) is 0.333. The van der Waals surface area contributed by atoms with Crippen molar-refractivity contribution in [3.05, 3.63) is 35.4 Å². The van der Waals surface area contributed by atoms with Crippen LogP contribution in [0.15, 0.2) is 24.3 Å². The van der Waals surface area contributed by atoms with E-state index in [9.17, 15) is 10.1 Å². The van der Waals surface area contributed by atoms with Gasteiger partial charge in [-0.25, -0.2) is 4.79 Å². The first-order chi connectivity index (χ1) is 9.11. The van der Waals surface area contributed by atoms with Crippen molar-refractivity contribution in [2.24, 2.45) is 0 Å². The second-order valence-electron chi connectivity index (χ2n) is 4.76. The smallest absolute Gasteiger partial charge is 0.328 e. The lowest BCUT2D eigenvalue weighted by molar-refractivity contribution is -0.131. The lowest BCUT2D eigenvalue weighted by atomic mass is 9.91. The van der Waals surface area contributed by atoms with Gasteiger partial charge in [-0.15, -0.1) is 0 Å². The fourth-order valence-corrected chi connectivity index (χ4v) is 2.19. The Balaban J connectivity index is 2.26. The molecule has 4 nitrogen and oxygen atoms in total. The van der Waals surface area contributed by atoms with Crippen LogP contribution >= 0.6 is 0 Å². The number of rotatable bonds is 4. The first-order valence-corrected chi connectivity index (χ1v) is 6.30. The third-order valence-electron chi connectivity index (χ3n) is 3.56. The number of benzene rings is 1. The van der Waals surface area contributed by atoms with Crippen LogP contribution in [0, 0.1) is 11.3 Å². The van der Waals surface area contributed by atoms with Gasteiger partial charge in [0.05, 0.1) is 11.3 Å². The van der Waals surface area contributed by atoms with Gasteiger partial charge in [-0.1, -0.05) is 6.07 Å². The molecule has 0 aromatic heterocycles. The van der Waals surface area contributed by atoms with Crippen molar-refractivity contribution in [2.75, 3.05) is 11.9 Å². The highest BCUT2D eigenvalue weighted by molar-refractivity contribution is 5.85. The molecule has 1 aliphatic rings. The third-order valence-corrected chi connectivity index (χ3v) is 3.56. The van der Waals surface area contributed by atoms with Gasteiger partial charge in [-0.3, -0.25) is 0 Å². The molecule has 19 heavy (non-hydrogen) atoms. The van der Waals surface area contributed by atoms with Crippen molar-refractivity contribution in [3.63, 3.8) is 0 Å². The van der Waals surface area contributed by atoms with Crippen molar-refractivity contribution in [1.29, 1.82) is 5.26 Å². The number of nitrogens with zero attached hydrogens (tertiary/aromatic N) is 2. The number of carboxylic acid groups (broad SMARTS) is 1. The summed E-state index contributed by atoms with van der Waals surface area (Å²) < 4.78 is 0. The van der Waals surface area contributed by atoms with E-state index in [1.807, 2.05) is 19.2 Å². The molecule has 1 fully saturated rings. The average molecular weight is 256 g/mol. The van der Waals surface area contributed by atoms with Crippen LogP contribution in [-0.4, -0.2) is 24.2 Å². The van der Waals surface area contributed by atoms with Crippen LogP contribution in [0.3, 0.4) is 0 Å². The second-order valence-corrected chi connectivity index (χ2v) is 4.76. The summed E-state index contributed by atoms with van der Waals surface area (Å²) in [6, 6.07) is 8.16. The van der Waals surface area contributed by atoms with Gasteiger partial charge in [0.25, 0.3) is 0 Å². The van der Waals surface area contributed by atoms with Gasteiger partial charge in [0.2, 0.25) is 0 Å². The van der Waals surface area contributed by atoms with Crippen molar-refractivity contribution in [3.8, 4) is 6.07 Å². The predicted octanol–water partition coefficient (Wildman–Crippen LogP) is 2.64. The van der Waals surface area contributed by atoms with Crippen LogP contribution in [0.5, 0.6) is 0 Å². The van der Waals surface area contributed by atoms with Crippen LogP contribution in [0.1, 0.15) is 30.4 Å². The molecule has 0 radical (unpaired) electrons. The van der Waals surface area contributed by atoms with Crippen LogP contribution < -0.4 is 4.90 Å². The third kappa shape index (κ3) is 2.94. The van der Waals surface area contributed by atoms with E-state index in [0.29, 0.717) is 11.6 Å². The van der Waals surface area contributed by atoms with E-state index in [2.05, 4.69) is 11.0 Å². The minimum absolute atomic E-state index is 0.521. The summed E-state index contributed by atoms with van der Waals surface area (Å²) in [7, 11) is 2.01. The van der Waals surface area contributed by atoms with Gasteiger partial charge in [0.1, 0.15) is 6.07 Å². The van der Waals surface area contributed by atoms with Crippen molar-refractivity contribution >= 4 is 17.7 Å². The first-order valence-electron chi connectivity index (χ1n) is 6.30. The lowest BCUT2D eigenvalue weighted by Crippen LogP contribution is -2.37. The highest BCUT2D eigenvalue weighted by atomic mass is 16.4. The normalized spacial score (nSPS) is 14.9. The molecule has 0 atom stereocenters. The van der Waals surface area contributed by atoms with E-state index in [0.717, 1.165) is 17.3 Å². The predicted molar refractivity (Wildman–Crippen MR) is 73.9 cm³/mol. The van der Waals surface area contributed by atoms with Gasteiger partial charge in [0.15, 0.2) is 0 Å². The first kappa shape index (κ1) is 13.2. The second kappa shape index (κ2) is 5.57. The number of nitriles is 1. The van der Waals surface area contributed by atoms with Crippen LogP contribution in [0.4, 0.5) is 5.69 Å². The Labute approximate surface area is 112 Å². The number of carboxylic acids is 1. The fourth-order valence-electron chi connectivity index (χ4n) is 2.19. The summed E-state index contributed by atoms with van der Waals surface area (Å²) in [5, 5.41) is 17.8. The summed E-state index contributed by atoms with van der Waals surface area (Å²) in [5.74, 6) is -0.992. The zero-order chi connectivity index (χ0) is 13.8. The number of anilines is 1. The number of hydrogen-bond acceptors (Lipinski definition) is 3. The van der Waals surface area contributed by atoms with Crippen LogP contribution in [0.25, 0.3) is 6.08 Å². The van der Waals surface area contributed by atoms with E-state index < -0.39 is 5.97 Å². The molecule has 0 amide bonds. The molecule has 4 heteroatoms. The van der Waals surface area contributed by atoms with Crippen molar-refractivity contribution in [1.82, 2.24) is 0 Å². The Morgan fingerprint density at radius 2 is 2.26 bits per heavy atom. The topological polar surface area (TPSA) is 64.3 Å². The molecular formula is C15H16N2O2. The molecule has 0 saturated heterocycles. The largest absolute Gasteiger partial charge is 0.478 e. The highest BCUT2D eigenvalue weighted by Crippen LogP contribution is 2.30. The number of hydrogen-bond donors (Lipinski definition) is 1. The number of aliphatic carboxylic acids is 1. The summed E-state index contributed by atoms with van der Waals surface area (Å²) in [5.41, 5.74) is 2.23. The van der Waals surface area contributed by atoms with Crippen molar-refractivity contribution < 1.29 is 9.90 Å². The SMILES string of the molecule is CN(c1ccc(/C=C/C(=O)O)cc1C#N)C1CCC1. The maximum Gasteiger partial charge on any atom is 0.328 e. The average Bonchev–Trinajstić information content (AvgIpc) is 2.33.